The number of halogens is 3. The molecule has 2 aromatic carbocycles. The minimum absolute atomic E-state index is 0.257. The van der Waals surface area contributed by atoms with Gasteiger partial charge in [0, 0.05) is 11.4 Å². The van der Waals surface area contributed by atoms with Crippen LogP contribution in [-0.2, 0) is 10.9 Å². The third-order valence-corrected chi connectivity index (χ3v) is 4.31. The van der Waals surface area contributed by atoms with Crippen molar-refractivity contribution < 1.29 is 22.6 Å². The van der Waals surface area contributed by atoms with Gasteiger partial charge in [-0.25, -0.2) is 0 Å². The van der Waals surface area contributed by atoms with Crippen LogP contribution in [0.4, 0.5) is 24.5 Å². The van der Waals surface area contributed by atoms with Gasteiger partial charge in [0.2, 0.25) is 0 Å². The number of rotatable bonds is 4. The third-order valence-electron chi connectivity index (χ3n) is 4.31. The summed E-state index contributed by atoms with van der Waals surface area (Å²) in [5, 5.41) is 8.91. The molecule has 1 aliphatic rings. The molecule has 1 fully saturated rings. The average molecular weight is 377 g/mol. The Labute approximate surface area is 154 Å². The molecule has 8 heteroatoms. The molecule has 142 valence electrons. The van der Waals surface area contributed by atoms with Crippen molar-refractivity contribution in [1.82, 2.24) is 0 Å². The van der Waals surface area contributed by atoms with Gasteiger partial charge in [0.05, 0.1) is 23.7 Å². The molecule has 0 unspecified atom stereocenters. The molecule has 0 saturated carbocycles. The number of alkyl halides is 3. The molecule has 5 nitrogen and oxygen atoms in total. The molecule has 0 spiro atoms. The second-order valence-electron chi connectivity index (χ2n) is 6.23. The SMILES string of the molecule is C[C@H]1O[C@H](COc2ccc(N)cc2)CN1c1ccc(C#N)c(C(F)(F)F)c1. The minimum Gasteiger partial charge on any atom is -0.491 e. The maximum absolute atomic E-state index is 13.2. The molecule has 2 atom stereocenters. The first-order valence-corrected chi connectivity index (χ1v) is 8.29. The summed E-state index contributed by atoms with van der Waals surface area (Å²) in [6.45, 7) is 2.39. The summed E-state index contributed by atoms with van der Waals surface area (Å²) in [5.74, 6) is 0.636. The van der Waals surface area contributed by atoms with Crippen LogP contribution in [0.5, 0.6) is 5.75 Å². The smallest absolute Gasteiger partial charge is 0.417 e. The van der Waals surface area contributed by atoms with Crippen LogP contribution in [0.15, 0.2) is 42.5 Å². The minimum atomic E-state index is -4.59. The van der Waals surface area contributed by atoms with Crippen LogP contribution in [0.25, 0.3) is 0 Å². The van der Waals surface area contributed by atoms with Gasteiger partial charge in [0.15, 0.2) is 0 Å². The van der Waals surface area contributed by atoms with Crippen LogP contribution in [0, 0.1) is 11.3 Å². The monoisotopic (exact) mass is 377 g/mol. The van der Waals surface area contributed by atoms with E-state index in [-0.39, 0.29) is 12.7 Å². The lowest BCUT2D eigenvalue weighted by Gasteiger charge is -2.23. The highest BCUT2D eigenvalue weighted by Gasteiger charge is 2.36. The zero-order chi connectivity index (χ0) is 19.6. The van der Waals surface area contributed by atoms with Crippen LogP contribution < -0.4 is 15.4 Å². The van der Waals surface area contributed by atoms with E-state index < -0.39 is 23.5 Å². The van der Waals surface area contributed by atoms with Crippen molar-refractivity contribution in [2.75, 3.05) is 23.8 Å². The Bertz CT molecular complexity index is 847. The predicted octanol–water partition coefficient (Wildman–Crippen LogP) is 3.79. The lowest BCUT2D eigenvalue weighted by molar-refractivity contribution is -0.137. The zero-order valence-electron chi connectivity index (χ0n) is 14.5. The van der Waals surface area contributed by atoms with E-state index in [2.05, 4.69) is 0 Å². The van der Waals surface area contributed by atoms with Gasteiger partial charge >= 0.3 is 6.18 Å². The number of hydrogen-bond donors (Lipinski definition) is 1. The first kappa shape index (κ1) is 18.9. The summed E-state index contributed by atoms with van der Waals surface area (Å²) >= 11 is 0. The van der Waals surface area contributed by atoms with Gasteiger partial charge in [-0.15, -0.1) is 0 Å². The maximum Gasteiger partial charge on any atom is 0.417 e. The van der Waals surface area contributed by atoms with E-state index >= 15 is 0 Å². The molecule has 2 aromatic rings. The van der Waals surface area contributed by atoms with Crippen LogP contribution in [0.3, 0.4) is 0 Å². The number of anilines is 2. The molecule has 1 saturated heterocycles. The number of nitrogens with two attached hydrogens (primary N) is 1. The van der Waals surface area contributed by atoms with Crippen molar-refractivity contribution in [3.05, 3.63) is 53.6 Å². The molecule has 1 aliphatic heterocycles. The number of benzene rings is 2. The lowest BCUT2D eigenvalue weighted by Crippen LogP contribution is -2.28. The van der Waals surface area contributed by atoms with Crippen LogP contribution in [0.2, 0.25) is 0 Å². The Morgan fingerprint density at radius 2 is 1.96 bits per heavy atom. The second kappa shape index (κ2) is 7.37. The van der Waals surface area contributed by atoms with Crippen molar-refractivity contribution in [2.45, 2.75) is 25.4 Å². The topological polar surface area (TPSA) is 71.5 Å². The summed E-state index contributed by atoms with van der Waals surface area (Å²) < 4.78 is 51.0. The van der Waals surface area contributed by atoms with Gasteiger partial charge in [-0.1, -0.05) is 0 Å². The molecule has 0 amide bonds. The third kappa shape index (κ3) is 4.26. The van der Waals surface area contributed by atoms with E-state index in [1.54, 1.807) is 42.2 Å². The normalized spacial score (nSPS) is 19.7. The summed E-state index contributed by atoms with van der Waals surface area (Å²) in [4.78, 5) is 1.72. The standard InChI is InChI=1S/C19H18F3N3O2/c1-12-25(15-5-2-13(9-23)18(8-15)19(20,21)22)10-17(27-12)11-26-16-6-3-14(24)4-7-16/h2-8,12,17H,10-11,24H2,1H3/t12-,17+/m1/s1. The van der Waals surface area contributed by atoms with E-state index in [9.17, 15) is 13.2 Å². The highest BCUT2D eigenvalue weighted by molar-refractivity contribution is 5.55. The Kier molecular flexibility index (Phi) is 5.15. The van der Waals surface area contributed by atoms with Crippen molar-refractivity contribution in [3.8, 4) is 11.8 Å². The molecular weight excluding hydrogens is 359 g/mol. The highest BCUT2D eigenvalue weighted by Crippen LogP contribution is 2.36. The number of nitrogen functional groups attached to an aromatic ring is 1. The fourth-order valence-corrected chi connectivity index (χ4v) is 2.97. The maximum atomic E-state index is 13.2. The van der Waals surface area contributed by atoms with Crippen LogP contribution >= 0.6 is 0 Å². The molecule has 0 aromatic heterocycles. The highest BCUT2D eigenvalue weighted by atomic mass is 19.4. The quantitative estimate of drug-likeness (QED) is 0.821. The summed E-state index contributed by atoms with van der Waals surface area (Å²) in [6.07, 6.45) is -5.32. The van der Waals surface area contributed by atoms with Crippen LogP contribution in [-0.4, -0.2) is 25.5 Å². The first-order valence-electron chi connectivity index (χ1n) is 8.29. The fourth-order valence-electron chi connectivity index (χ4n) is 2.97. The van der Waals surface area contributed by atoms with E-state index in [0.29, 0.717) is 23.7 Å². The van der Waals surface area contributed by atoms with Crippen molar-refractivity contribution >= 4 is 11.4 Å². The van der Waals surface area contributed by atoms with Crippen molar-refractivity contribution in [2.24, 2.45) is 0 Å². The van der Waals surface area contributed by atoms with Gasteiger partial charge in [-0.2, -0.15) is 18.4 Å². The van der Waals surface area contributed by atoms with Gasteiger partial charge in [0.25, 0.3) is 0 Å². The lowest BCUT2D eigenvalue weighted by atomic mass is 10.1. The second-order valence-corrected chi connectivity index (χ2v) is 6.23. The summed E-state index contributed by atoms with van der Waals surface area (Å²) in [5.41, 5.74) is 5.25. The Morgan fingerprint density at radius 3 is 2.59 bits per heavy atom. The summed E-state index contributed by atoms with van der Waals surface area (Å²) in [6, 6.07) is 12.2. The first-order chi connectivity index (χ1) is 12.8. The molecule has 1 heterocycles. The number of ether oxygens (including phenoxy) is 2. The van der Waals surface area contributed by atoms with E-state index in [1.807, 2.05) is 0 Å². The molecule has 27 heavy (non-hydrogen) atoms. The van der Waals surface area contributed by atoms with Gasteiger partial charge in [-0.05, 0) is 49.4 Å². The number of hydrogen-bond acceptors (Lipinski definition) is 5. The van der Waals surface area contributed by atoms with Gasteiger partial charge < -0.3 is 20.1 Å². The summed E-state index contributed by atoms with van der Waals surface area (Å²) in [7, 11) is 0. The van der Waals surface area contributed by atoms with Gasteiger partial charge in [0.1, 0.15) is 24.7 Å². The predicted molar refractivity (Wildman–Crippen MR) is 94.2 cm³/mol. The molecule has 2 N–H and O–H groups in total. The molecule has 0 bridgehead atoms. The largest absolute Gasteiger partial charge is 0.491 e. The van der Waals surface area contributed by atoms with E-state index in [4.69, 9.17) is 20.5 Å². The zero-order valence-corrected chi connectivity index (χ0v) is 14.5. The average Bonchev–Trinajstić information content (AvgIpc) is 3.00. The van der Waals surface area contributed by atoms with Crippen LogP contribution in [0.1, 0.15) is 18.1 Å². The van der Waals surface area contributed by atoms with E-state index in [0.717, 1.165) is 6.07 Å². The Hall–Kier alpha value is -2.92. The van der Waals surface area contributed by atoms with E-state index in [1.165, 1.54) is 12.1 Å². The molecular formula is C19H18F3N3O2. The molecule has 0 radical (unpaired) electrons. The fraction of sp³-hybridized carbons (Fsp3) is 0.316. The van der Waals surface area contributed by atoms with Crippen molar-refractivity contribution in [3.63, 3.8) is 0 Å². The van der Waals surface area contributed by atoms with Gasteiger partial charge in [-0.3, -0.25) is 0 Å². The Morgan fingerprint density at radius 1 is 1.26 bits per heavy atom. The number of nitrogens with zero attached hydrogens (tertiary/aromatic N) is 2. The van der Waals surface area contributed by atoms with Crippen molar-refractivity contribution in [1.29, 1.82) is 5.26 Å². The molecule has 3 rings (SSSR count). The Balaban J connectivity index is 1.71. The number of nitriles is 1. The molecule has 0 aliphatic carbocycles.